The van der Waals surface area contributed by atoms with Crippen molar-refractivity contribution in [1.29, 1.82) is 0 Å². The molecule has 4 rings (SSSR count). The molecule has 34 heavy (non-hydrogen) atoms. The van der Waals surface area contributed by atoms with E-state index in [9.17, 15) is 14.7 Å². The third kappa shape index (κ3) is 5.53. The number of nitrogens with zero attached hydrogens (tertiary/aromatic N) is 2. The Morgan fingerprint density at radius 2 is 1.79 bits per heavy atom. The number of hydrogen-bond donors (Lipinski definition) is 2. The van der Waals surface area contributed by atoms with Crippen LogP contribution in [0.5, 0.6) is 0 Å². The topological polar surface area (TPSA) is 82.5 Å². The number of aliphatic carboxylic acids is 1. The monoisotopic (exact) mass is 473 g/mol. The van der Waals surface area contributed by atoms with Crippen LogP contribution < -0.4 is 5.32 Å². The molecule has 1 heterocycles. The lowest BCUT2D eigenvalue weighted by molar-refractivity contribution is -0.145. The van der Waals surface area contributed by atoms with Gasteiger partial charge in [0.15, 0.2) is 0 Å². The minimum Gasteiger partial charge on any atom is -0.481 e. The van der Waals surface area contributed by atoms with E-state index in [2.05, 4.69) is 22.1 Å². The molecule has 1 aliphatic rings. The molecule has 174 valence electrons. The van der Waals surface area contributed by atoms with Crippen LogP contribution >= 0.6 is 11.3 Å². The number of nitrogens with one attached hydrogen (secondary N) is 1. The van der Waals surface area contributed by atoms with Gasteiger partial charge in [0.1, 0.15) is 5.01 Å². The molecule has 3 aromatic rings. The summed E-state index contributed by atoms with van der Waals surface area (Å²) in [6.45, 7) is 0.984. The van der Waals surface area contributed by atoms with E-state index < -0.39 is 11.4 Å². The number of amides is 1. The first-order valence-corrected chi connectivity index (χ1v) is 12.0. The van der Waals surface area contributed by atoms with Gasteiger partial charge < -0.3 is 10.4 Å². The van der Waals surface area contributed by atoms with Crippen LogP contribution in [0.2, 0.25) is 0 Å². The van der Waals surface area contributed by atoms with E-state index in [0.29, 0.717) is 19.4 Å². The van der Waals surface area contributed by atoms with Crippen molar-refractivity contribution in [1.82, 2.24) is 15.2 Å². The fraction of sp³-hybridized carbons (Fsp3) is 0.296. The van der Waals surface area contributed by atoms with Crippen LogP contribution in [0.1, 0.15) is 28.1 Å². The molecule has 0 unspecified atom stereocenters. The Labute approximate surface area is 203 Å². The first kappa shape index (κ1) is 23.7. The molecule has 0 aliphatic heterocycles. The normalized spacial score (nSPS) is 13.7. The summed E-state index contributed by atoms with van der Waals surface area (Å²) in [5.74, 6) is 5.07. The van der Waals surface area contributed by atoms with Crippen molar-refractivity contribution >= 4 is 23.2 Å². The van der Waals surface area contributed by atoms with Gasteiger partial charge in [-0.3, -0.25) is 14.5 Å². The highest BCUT2D eigenvalue weighted by Gasteiger charge is 2.45. The summed E-state index contributed by atoms with van der Waals surface area (Å²) in [4.78, 5) is 31.4. The zero-order valence-electron chi connectivity index (χ0n) is 19.3. The molecule has 1 aliphatic carbocycles. The lowest BCUT2D eigenvalue weighted by Crippen LogP contribution is -2.43. The fourth-order valence-corrected chi connectivity index (χ4v) is 4.98. The van der Waals surface area contributed by atoms with Gasteiger partial charge in [0.25, 0.3) is 0 Å². The number of thiazole rings is 1. The van der Waals surface area contributed by atoms with E-state index in [1.807, 2.05) is 72.9 Å². The first-order chi connectivity index (χ1) is 16.3. The number of carbonyl (C=O) groups is 2. The standard InChI is InChI=1S/C27H27N3O3S/c1-30(2)13-5-6-19-9-11-20(12-10-19)23-18-34-24(29-23)17-28-26(33)27(16-25(31)32)14-21-7-3-4-8-22(21)15-27/h3-4,7-12,18H,13-17H2,1-2H3,(H,28,33)(H,31,32). The summed E-state index contributed by atoms with van der Waals surface area (Å²) in [6, 6.07) is 15.7. The van der Waals surface area contributed by atoms with Crippen molar-refractivity contribution < 1.29 is 14.7 Å². The molecule has 7 heteroatoms. The average molecular weight is 474 g/mol. The van der Waals surface area contributed by atoms with Crippen LogP contribution in [0, 0.1) is 17.3 Å². The Bertz CT molecular complexity index is 1230. The summed E-state index contributed by atoms with van der Waals surface area (Å²) < 4.78 is 0. The lowest BCUT2D eigenvalue weighted by atomic mass is 9.80. The Morgan fingerprint density at radius 3 is 2.41 bits per heavy atom. The summed E-state index contributed by atoms with van der Waals surface area (Å²) in [6.07, 6.45) is 0.683. The van der Waals surface area contributed by atoms with E-state index >= 15 is 0 Å². The highest BCUT2D eigenvalue weighted by Crippen LogP contribution is 2.40. The highest BCUT2D eigenvalue weighted by molar-refractivity contribution is 7.09. The number of carboxylic acid groups (broad SMARTS) is 1. The van der Waals surface area contributed by atoms with E-state index in [-0.39, 0.29) is 18.9 Å². The molecular weight excluding hydrogens is 446 g/mol. The van der Waals surface area contributed by atoms with Crippen molar-refractivity contribution in [2.45, 2.75) is 25.8 Å². The molecule has 0 spiro atoms. The zero-order chi connectivity index (χ0) is 24.1. The first-order valence-electron chi connectivity index (χ1n) is 11.1. The van der Waals surface area contributed by atoms with Crippen molar-refractivity contribution in [2.24, 2.45) is 5.41 Å². The van der Waals surface area contributed by atoms with Gasteiger partial charge in [-0.2, -0.15) is 0 Å². The predicted molar refractivity (Wildman–Crippen MR) is 133 cm³/mol. The fourth-order valence-electron chi connectivity index (χ4n) is 4.24. The van der Waals surface area contributed by atoms with Crippen LogP contribution in [0.25, 0.3) is 11.3 Å². The van der Waals surface area contributed by atoms with E-state index in [0.717, 1.165) is 33.0 Å². The minimum absolute atomic E-state index is 0.194. The van der Waals surface area contributed by atoms with Gasteiger partial charge in [-0.05, 0) is 50.2 Å². The summed E-state index contributed by atoms with van der Waals surface area (Å²) in [7, 11) is 3.97. The molecule has 2 N–H and O–H groups in total. The second-order valence-electron chi connectivity index (χ2n) is 8.90. The van der Waals surface area contributed by atoms with E-state index in [1.54, 1.807) is 0 Å². The maximum Gasteiger partial charge on any atom is 0.304 e. The second-order valence-corrected chi connectivity index (χ2v) is 9.84. The molecule has 0 fully saturated rings. The average Bonchev–Trinajstić information content (AvgIpc) is 3.42. The molecule has 1 amide bonds. The third-order valence-electron chi connectivity index (χ3n) is 5.91. The Hall–Kier alpha value is -3.47. The maximum absolute atomic E-state index is 13.2. The van der Waals surface area contributed by atoms with Gasteiger partial charge in [-0.1, -0.05) is 48.2 Å². The van der Waals surface area contributed by atoms with Crippen molar-refractivity contribution in [2.75, 3.05) is 20.6 Å². The predicted octanol–water partition coefficient (Wildman–Crippen LogP) is 3.60. The van der Waals surface area contributed by atoms with Gasteiger partial charge in [0.2, 0.25) is 5.91 Å². The Balaban J connectivity index is 1.40. The summed E-state index contributed by atoms with van der Waals surface area (Å²) in [5, 5.41) is 15.2. The quantitative estimate of drug-likeness (QED) is 0.513. The number of carboxylic acids is 1. The number of aromatic nitrogens is 1. The molecule has 0 atom stereocenters. The van der Waals surface area contributed by atoms with Crippen LogP contribution in [0.3, 0.4) is 0 Å². The van der Waals surface area contributed by atoms with Crippen molar-refractivity contribution in [3.63, 3.8) is 0 Å². The summed E-state index contributed by atoms with van der Waals surface area (Å²) >= 11 is 1.47. The van der Waals surface area contributed by atoms with E-state index in [1.165, 1.54) is 11.3 Å². The van der Waals surface area contributed by atoms with E-state index in [4.69, 9.17) is 0 Å². The number of benzene rings is 2. The van der Waals surface area contributed by atoms with Crippen molar-refractivity contribution in [3.05, 3.63) is 75.6 Å². The number of rotatable bonds is 7. The largest absolute Gasteiger partial charge is 0.481 e. The van der Waals surface area contributed by atoms with Gasteiger partial charge in [0.05, 0.1) is 30.6 Å². The van der Waals surface area contributed by atoms with Crippen LogP contribution in [0.4, 0.5) is 0 Å². The minimum atomic E-state index is -0.964. The third-order valence-corrected chi connectivity index (χ3v) is 6.76. The molecule has 0 saturated carbocycles. The Kier molecular flexibility index (Phi) is 7.11. The molecular formula is C27H27N3O3S. The number of hydrogen-bond acceptors (Lipinski definition) is 5. The van der Waals surface area contributed by atoms with Gasteiger partial charge in [-0.15, -0.1) is 11.3 Å². The molecule has 1 aromatic heterocycles. The molecule has 0 radical (unpaired) electrons. The SMILES string of the molecule is CN(C)CC#Cc1ccc(-c2csc(CNC(=O)C3(CC(=O)O)Cc4ccccc4C3)n2)cc1. The zero-order valence-corrected chi connectivity index (χ0v) is 20.1. The van der Waals surface area contributed by atoms with Crippen LogP contribution in [0.15, 0.2) is 53.9 Å². The second kappa shape index (κ2) is 10.2. The maximum atomic E-state index is 13.2. The molecule has 0 saturated heterocycles. The van der Waals surface area contributed by atoms with Gasteiger partial charge >= 0.3 is 5.97 Å². The lowest BCUT2D eigenvalue weighted by Gasteiger charge is -2.25. The van der Waals surface area contributed by atoms with Crippen LogP contribution in [-0.4, -0.2) is 47.5 Å². The van der Waals surface area contributed by atoms with Gasteiger partial charge in [-0.25, -0.2) is 4.98 Å². The smallest absolute Gasteiger partial charge is 0.304 e. The molecule has 6 nitrogen and oxygen atoms in total. The molecule has 2 aromatic carbocycles. The Morgan fingerprint density at radius 1 is 1.12 bits per heavy atom. The summed E-state index contributed by atoms with van der Waals surface area (Å²) in [5.41, 5.74) is 3.92. The van der Waals surface area contributed by atoms with Crippen molar-refractivity contribution in [3.8, 4) is 23.1 Å². The highest BCUT2D eigenvalue weighted by atomic mass is 32.1. The van der Waals surface area contributed by atoms with Gasteiger partial charge in [0, 0.05) is 16.5 Å². The number of carbonyl (C=O) groups excluding carboxylic acids is 1. The number of fused-ring (bicyclic) bond motifs is 1. The van der Waals surface area contributed by atoms with Crippen LogP contribution in [-0.2, 0) is 29.0 Å². The molecule has 0 bridgehead atoms.